The summed E-state index contributed by atoms with van der Waals surface area (Å²) in [6, 6.07) is 0. The third kappa shape index (κ3) is 4.34. The Labute approximate surface area is 98.3 Å². The summed E-state index contributed by atoms with van der Waals surface area (Å²) in [5.74, 6) is -3.44. The molecule has 94 valence electrons. The fraction of sp³-hybridized carbons (Fsp3) is 0.636. The number of hydrogen-bond acceptors (Lipinski definition) is 6. The van der Waals surface area contributed by atoms with Gasteiger partial charge in [0.2, 0.25) is 0 Å². The SMILES string of the molecule is CC(C)C(=O)OC(=O)CC1CC(=O)OC(=O)C1. The number of esters is 4. The van der Waals surface area contributed by atoms with Gasteiger partial charge in [0.1, 0.15) is 0 Å². The molecule has 1 aliphatic heterocycles. The molecule has 0 aromatic carbocycles. The first-order chi connectivity index (χ1) is 7.88. The average Bonchev–Trinajstić information content (AvgIpc) is 2.14. The van der Waals surface area contributed by atoms with Crippen molar-refractivity contribution in [2.75, 3.05) is 0 Å². The molecule has 0 bridgehead atoms. The molecule has 1 saturated heterocycles. The largest absolute Gasteiger partial charge is 0.393 e. The molecule has 0 spiro atoms. The second kappa shape index (κ2) is 5.56. The Morgan fingerprint density at radius 3 is 2.29 bits per heavy atom. The molecule has 0 atom stereocenters. The van der Waals surface area contributed by atoms with Crippen molar-refractivity contribution in [3.05, 3.63) is 0 Å². The summed E-state index contributed by atoms with van der Waals surface area (Å²) in [6.45, 7) is 3.22. The van der Waals surface area contributed by atoms with Crippen LogP contribution in [0.1, 0.15) is 33.1 Å². The van der Waals surface area contributed by atoms with Gasteiger partial charge in [0.15, 0.2) is 0 Å². The highest BCUT2D eigenvalue weighted by Gasteiger charge is 2.29. The van der Waals surface area contributed by atoms with Gasteiger partial charge in [-0.2, -0.15) is 0 Å². The maximum Gasteiger partial charge on any atom is 0.316 e. The number of hydrogen-bond donors (Lipinski definition) is 0. The number of rotatable bonds is 3. The van der Waals surface area contributed by atoms with Gasteiger partial charge in [-0.15, -0.1) is 0 Å². The number of cyclic esters (lactones) is 2. The molecule has 17 heavy (non-hydrogen) atoms. The zero-order valence-electron chi connectivity index (χ0n) is 9.73. The van der Waals surface area contributed by atoms with Gasteiger partial charge in [-0.25, -0.2) is 0 Å². The summed E-state index contributed by atoms with van der Waals surface area (Å²) in [7, 11) is 0. The lowest BCUT2D eigenvalue weighted by molar-refractivity contribution is -0.166. The minimum absolute atomic E-state index is 0.00326. The van der Waals surface area contributed by atoms with E-state index in [1.807, 2.05) is 0 Å². The summed E-state index contributed by atoms with van der Waals surface area (Å²) >= 11 is 0. The zero-order valence-corrected chi connectivity index (χ0v) is 9.73. The highest BCUT2D eigenvalue weighted by Crippen LogP contribution is 2.21. The molecule has 0 unspecified atom stereocenters. The highest BCUT2D eigenvalue weighted by atomic mass is 16.6. The Morgan fingerprint density at radius 1 is 1.29 bits per heavy atom. The normalized spacial score (nSPS) is 16.9. The van der Waals surface area contributed by atoms with Crippen LogP contribution in [0.5, 0.6) is 0 Å². The zero-order chi connectivity index (χ0) is 13.0. The van der Waals surface area contributed by atoms with Crippen LogP contribution in [-0.2, 0) is 28.7 Å². The maximum atomic E-state index is 11.3. The van der Waals surface area contributed by atoms with E-state index in [-0.39, 0.29) is 19.3 Å². The molecule has 1 heterocycles. The van der Waals surface area contributed by atoms with Crippen molar-refractivity contribution in [3.8, 4) is 0 Å². The summed E-state index contributed by atoms with van der Waals surface area (Å²) < 4.78 is 8.86. The third-order valence-electron chi connectivity index (χ3n) is 2.28. The minimum atomic E-state index is -0.712. The predicted molar refractivity (Wildman–Crippen MR) is 54.4 cm³/mol. The first-order valence-corrected chi connectivity index (χ1v) is 5.36. The van der Waals surface area contributed by atoms with Crippen molar-refractivity contribution < 1.29 is 28.7 Å². The van der Waals surface area contributed by atoms with Gasteiger partial charge in [-0.05, 0) is 5.92 Å². The van der Waals surface area contributed by atoms with Crippen molar-refractivity contribution in [2.45, 2.75) is 33.1 Å². The lowest BCUT2D eigenvalue weighted by Crippen LogP contribution is -2.28. The Balaban J connectivity index is 2.43. The lowest BCUT2D eigenvalue weighted by atomic mass is 9.96. The Hall–Kier alpha value is -1.72. The maximum absolute atomic E-state index is 11.3. The monoisotopic (exact) mass is 242 g/mol. The molecule has 6 nitrogen and oxygen atoms in total. The molecule has 1 fully saturated rings. The third-order valence-corrected chi connectivity index (χ3v) is 2.28. The van der Waals surface area contributed by atoms with Crippen molar-refractivity contribution in [3.63, 3.8) is 0 Å². The van der Waals surface area contributed by atoms with E-state index < -0.39 is 35.7 Å². The summed E-state index contributed by atoms with van der Waals surface area (Å²) in [5, 5.41) is 0. The van der Waals surface area contributed by atoms with E-state index in [1.54, 1.807) is 13.8 Å². The molecule has 0 amide bonds. The van der Waals surface area contributed by atoms with Crippen molar-refractivity contribution in [1.29, 1.82) is 0 Å². The van der Waals surface area contributed by atoms with E-state index in [0.717, 1.165) is 0 Å². The van der Waals surface area contributed by atoms with Crippen LogP contribution in [0, 0.1) is 11.8 Å². The van der Waals surface area contributed by atoms with Gasteiger partial charge in [0.25, 0.3) is 0 Å². The van der Waals surface area contributed by atoms with Gasteiger partial charge < -0.3 is 9.47 Å². The van der Waals surface area contributed by atoms with E-state index >= 15 is 0 Å². The van der Waals surface area contributed by atoms with Crippen LogP contribution in [-0.4, -0.2) is 23.9 Å². The fourth-order valence-electron chi connectivity index (χ4n) is 1.41. The molecular weight excluding hydrogens is 228 g/mol. The molecule has 0 radical (unpaired) electrons. The van der Waals surface area contributed by atoms with Crippen molar-refractivity contribution in [1.82, 2.24) is 0 Å². The second-order valence-electron chi connectivity index (χ2n) is 4.27. The molecule has 0 saturated carbocycles. The lowest BCUT2D eigenvalue weighted by Gasteiger charge is -2.18. The van der Waals surface area contributed by atoms with Gasteiger partial charge in [-0.1, -0.05) is 13.8 Å². The Morgan fingerprint density at radius 2 is 1.82 bits per heavy atom. The Bertz CT molecular complexity index is 341. The van der Waals surface area contributed by atoms with E-state index in [4.69, 9.17) is 0 Å². The van der Waals surface area contributed by atoms with Gasteiger partial charge in [-0.3, -0.25) is 19.2 Å². The second-order valence-corrected chi connectivity index (χ2v) is 4.27. The van der Waals surface area contributed by atoms with E-state index in [1.165, 1.54) is 0 Å². The molecule has 1 aliphatic rings. The van der Waals surface area contributed by atoms with Crippen LogP contribution in [0.15, 0.2) is 0 Å². The van der Waals surface area contributed by atoms with Gasteiger partial charge in [0, 0.05) is 19.3 Å². The minimum Gasteiger partial charge on any atom is -0.393 e. The van der Waals surface area contributed by atoms with Crippen molar-refractivity contribution >= 4 is 23.9 Å². The van der Waals surface area contributed by atoms with Crippen LogP contribution < -0.4 is 0 Å². The summed E-state index contributed by atoms with van der Waals surface area (Å²) in [4.78, 5) is 44.3. The van der Waals surface area contributed by atoms with Crippen LogP contribution in [0.25, 0.3) is 0 Å². The number of ether oxygens (including phenoxy) is 2. The first kappa shape index (κ1) is 13.3. The molecule has 1 rings (SSSR count). The van der Waals surface area contributed by atoms with E-state index in [2.05, 4.69) is 9.47 Å². The smallest absolute Gasteiger partial charge is 0.316 e. The standard InChI is InChI=1S/C11H14O6/c1-6(2)11(15)17-10(14)5-7-3-8(12)16-9(13)4-7/h6-7H,3-5H2,1-2H3. The molecule has 0 aliphatic carbocycles. The van der Waals surface area contributed by atoms with Crippen LogP contribution in [0.2, 0.25) is 0 Å². The fourth-order valence-corrected chi connectivity index (χ4v) is 1.41. The highest BCUT2D eigenvalue weighted by molar-refractivity contribution is 5.90. The summed E-state index contributed by atoms with van der Waals surface area (Å²) in [5.41, 5.74) is 0. The van der Waals surface area contributed by atoms with Crippen LogP contribution in [0.3, 0.4) is 0 Å². The van der Waals surface area contributed by atoms with Crippen LogP contribution in [0.4, 0.5) is 0 Å². The van der Waals surface area contributed by atoms with Crippen molar-refractivity contribution in [2.24, 2.45) is 11.8 Å². The van der Waals surface area contributed by atoms with E-state index in [9.17, 15) is 19.2 Å². The first-order valence-electron chi connectivity index (χ1n) is 5.36. The molecule has 0 aromatic rings. The average molecular weight is 242 g/mol. The topological polar surface area (TPSA) is 86.7 Å². The molecule has 6 heteroatoms. The molecule has 0 N–H and O–H groups in total. The van der Waals surface area contributed by atoms with Crippen LogP contribution >= 0.6 is 0 Å². The molecule has 0 aromatic heterocycles. The quantitative estimate of drug-likeness (QED) is 0.531. The van der Waals surface area contributed by atoms with Gasteiger partial charge in [0.05, 0.1) is 5.92 Å². The number of carbonyl (C=O) groups is 4. The van der Waals surface area contributed by atoms with Gasteiger partial charge >= 0.3 is 23.9 Å². The predicted octanol–water partition coefficient (Wildman–Crippen LogP) is 0.582. The molecular formula is C11H14O6. The Kier molecular flexibility index (Phi) is 4.37. The number of carbonyl (C=O) groups excluding carboxylic acids is 4. The van der Waals surface area contributed by atoms with E-state index in [0.29, 0.717) is 0 Å². The summed E-state index contributed by atoms with van der Waals surface area (Å²) in [6.07, 6.45) is -0.132.